The molecule has 0 aliphatic carbocycles. The first kappa shape index (κ1) is 15.4. The van der Waals surface area contributed by atoms with Crippen LogP contribution in [0.3, 0.4) is 0 Å². The monoisotopic (exact) mass is 303 g/mol. The Morgan fingerprint density at radius 1 is 1.38 bits per heavy atom. The predicted octanol–water partition coefficient (Wildman–Crippen LogP) is 2.83. The van der Waals surface area contributed by atoms with Crippen LogP contribution in [0.5, 0.6) is 0 Å². The summed E-state index contributed by atoms with van der Waals surface area (Å²) in [4.78, 5) is 15.7. The second-order valence-corrected chi connectivity index (χ2v) is 5.76. The van der Waals surface area contributed by atoms with E-state index in [0.717, 1.165) is 11.1 Å². The highest BCUT2D eigenvalue weighted by Crippen LogP contribution is 2.31. The number of pyridine rings is 1. The van der Waals surface area contributed by atoms with E-state index in [9.17, 15) is 18.0 Å². The minimum absolute atomic E-state index is 0.333. The van der Waals surface area contributed by atoms with E-state index in [1.165, 1.54) is 12.3 Å². The van der Waals surface area contributed by atoms with Crippen LogP contribution in [0.25, 0.3) is 0 Å². The highest BCUT2D eigenvalue weighted by atomic mass is 19.3. The van der Waals surface area contributed by atoms with Gasteiger partial charge in [0.2, 0.25) is 0 Å². The minimum Gasteiger partial charge on any atom is -0.442 e. The Morgan fingerprint density at radius 3 is 2.62 bits per heavy atom. The van der Waals surface area contributed by atoms with Crippen molar-refractivity contribution in [3.8, 4) is 0 Å². The highest BCUT2D eigenvalue weighted by molar-refractivity contribution is 5.71. The smallest absolute Gasteiger partial charge is 0.429 e. The third-order valence-corrected chi connectivity index (χ3v) is 2.64. The van der Waals surface area contributed by atoms with Gasteiger partial charge in [0.05, 0.1) is 0 Å². The van der Waals surface area contributed by atoms with Gasteiger partial charge in [0.25, 0.3) is 5.92 Å². The van der Waals surface area contributed by atoms with Gasteiger partial charge in [0.15, 0.2) is 11.6 Å². The maximum absolute atomic E-state index is 13.7. The van der Waals surface area contributed by atoms with Gasteiger partial charge < -0.3 is 4.74 Å². The summed E-state index contributed by atoms with van der Waals surface area (Å²) >= 11 is 0. The molecule has 0 N–H and O–H groups in total. The van der Waals surface area contributed by atoms with Gasteiger partial charge in [0, 0.05) is 6.20 Å². The molecule has 0 spiro atoms. The molecule has 2 heterocycles. The van der Waals surface area contributed by atoms with E-state index in [4.69, 9.17) is 4.74 Å². The van der Waals surface area contributed by atoms with Gasteiger partial charge in [-0.05, 0) is 32.9 Å². The van der Waals surface area contributed by atoms with E-state index in [2.05, 4.69) is 4.98 Å². The van der Waals surface area contributed by atoms with E-state index in [1.54, 1.807) is 20.8 Å². The Bertz CT molecular complexity index is 546. The van der Waals surface area contributed by atoms with Crippen LogP contribution in [0.2, 0.25) is 0 Å². The van der Waals surface area contributed by atoms with Crippen LogP contribution in [0.4, 0.5) is 23.8 Å². The largest absolute Gasteiger partial charge is 0.442 e. The molecule has 1 aromatic rings. The van der Waals surface area contributed by atoms with E-state index < -0.39 is 36.5 Å². The quantitative estimate of drug-likeness (QED) is 0.800. The lowest BCUT2D eigenvalue weighted by Crippen LogP contribution is -2.45. The molecule has 1 fully saturated rings. The van der Waals surface area contributed by atoms with Crippen molar-refractivity contribution in [2.75, 3.05) is 18.1 Å². The van der Waals surface area contributed by atoms with E-state index >= 15 is 0 Å². The lowest BCUT2D eigenvalue weighted by atomic mass is 10.2. The van der Waals surface area contributed by atoms with Crippen molar-refractivity contribution in [3.05, 3.63) is 24.1 Å². The van der Waals surface area contributed by atoms with Gasteiger partial charge in [-0.2, -0.15) is 0 Å². The number of ether oxygens (including phenoxy) is 1. The van der Waals surface area contributed by atoms with Gasteiger partial charge in [-0.15, -0.1) is 0 Å². The number of carbonyl (C=O) groups excluding carboxylic acids is 1. The fraction of sp³-hybridized carbons (Fsp3) is 0.538. The normalized spacial score (nSPS) is 18.0. The number of anilines is 1. The summed E-state index contributed by atoms with van der Waals surface area (Å²) in [5, 5.41) is 1.49. The molecule has 0 unspecified atom stereocenters. The molecule has 0 saturated carbocycles. The third-order valence-electron chi connectivity index (χ3n) is 2.64. The van der Waals surface area contributed by atoms with Gasteiger partial charge in [-0.25, -0.2) is 28.0 Å². The Kier molecular flexibility index (Phi) is 3.73. The van der Waals surface area contributed by atoms with Crippen LogP contribution < -0.4 is 5.01 Å². The zero-order valence-corrected chi connectivity index (χ0v) is 11.9. The first-order valence-electron chi connectivity index (χ1n) is 6.35. The molecule has 0 radical (unpaired) electrons. The Morgan fingerprint density at radius 2 is 2.05 bits per heavy atom. The van der Waals surface area contributed by atoms with Gasteiger partial charge in [0.1, 0.15) is 18.7 Å². The predicted molar refractivity (Wildman–Crippen MR) is 69.4 cm³/mol. The zero-order chi connectivity index (χ0) is 15.8. The maximum Gasteiger partial charge on any atom is 0.429 e. The van der Waals surface area contributed by atoms with Crippen molar-refractivity contribution in [1.82, 2.24) is 9.99 Å². The summed E-state index contributed by atoms with van der Waals surface area (Å²) in [7, 11) is 0. The number of nitrogens with zero attached hydrogens (tertiary/aromatic N) is 3. The van der Waals surface area contributed by atoms with Crippen molar-refractivity contribution in [3.63, 3.8) is 0 Å². The van der Waals surface area contributed by atoms with Gasteiger partial charge in [-0.1, -0.05) is 0 Å². The summed E-state index contributed by atoms with van der Waals surface area (Å²) in [6.07, 6.45) is 0.298. The number of amides is 1. The fourth-order valence-electron chi connectivity index (χ4n) is 1.89. The number of aromatic nitrogens is 1. The number of alkyl halides is 2. The van der Waals surface area contributed by atoms with Crippen molar-refractivity contribution in [2.24, 2.45) is 0 Å². The Hall–Kier alpha value is -1.99. The second-order valence-electron chi connectivity index (χ2n) is 5.76. The molecule has 1 aliphatic heterocycles. The fourth-order valence-corrected chi connectivity index (χ4v) is 1.89. The highest BCUT2D eigenvalue weighted by Gasteiger charge is 2.48. The number of hydrogen-bond acceptors (Lipinski definition) is 4. The lowest BCUT2D eigenvalue weighted by Gasteiger charge is -2.30. The first-order valence-corrected chi connectivity index (χ1v) is 6.35. The number of rotatable bonds is 1. The molecular formula is C13H16F3N3O2. The minimum atomic E-state index is -3.17. The second kappa shape index (κ2) is 5.09. The van der Waals surface area contributed by atoms with Gasteiger partial charge in [-0.3, -0.25) is 5.01 Å². The summed E-state index contributed by atoms with van der Waals surface area (Å²) in [5.74, 6) is -4.29. The van der Waals surface area contributed by atoms with Gasteiger partial charge >= 0.3 is 6.09 Å². The molecule has 2 rings (SSSR count). The average molecular weight is 303 g/mol. The van der Waals surface area contributed by atoms with E-state index in [1.807, 2.05) is 0 Å². The molecule has 5 nitrogen and oxygen atoms in total. The van der Waals surface area contributed by atoms with Crippen LogP contribution >= 0.6 is 0 Å². The first-order chi connectivity index (χ1) is 9.59. The molecular weight excluding hydrogens is 287 g/mol. The molecule has 8 heteroatoms. The number of hydrogen-bond donors (Lipinski definition) is 0. The van der Waals surface area contributed by atoms with Crippen LogP contribution in [0.1, 0.15) is 20.8 Å². The standard InChI is InChI=1S/C13H16F3N3O2/c1-12(2,3)21-11(20)19-8-13(15,16)7-18(19)10-9(14)5-4-6-17-10/h4-6H,7-8H2,1-3H3. The van der Waals surface area contributed by atoms with E-state index in [-0.39, 0.29) is 5.82 Å². The summed E-state index contributed by atoms with van der Waals surface area (Å²) in [6.45, 7) is 3.14. The van der Waals surface area contributed by atoms with Crippen LogP contribution in [0, 0.1) is 5.82 Å². The topological polar surface area (TPSA) is 45.7 Å². The molecule has 0 aromatic carbocycles. The van der Waals surface area contributed by atoms with Crippen LogP contribution in [0.15, 0.2) is 18.3 Å². The molecule has 116 valence electrons. The molecule has 1 saturated heterocycles. The van der Waals surface area contributed by atoms with E-state index in [0.29, 0.717) is 5.01 Å². The van der Waals surface area contributed by atoms with Crippen molar-refractivity contribution in [2.45, 2.75) is 32.3 Å². The molecule has 1 amide bonds. The Balaban J connectivity index is 2.30. The zero-order valence-electron chi connectivity index (χ0n) is 11.9. The van der Waals surface area contributed by atoms with Crippen LogP contribution in [-0.2, 0) is 4.74 Å². The SMILES string of the molecule is CC(C)(C)OC(=O)N1CC(F)(F)CN1c1ncccc1F. The van der Waals surface area contributed by atoms with Crippen molar-refractivity contribution >= 4 is 11.9 Å². The summed E-state index contributed by atoms with van der Waals surface area (Å²) in [6, 6.07) is 2.43. The molecule has 0 bridgehead atoms. The number of hydrazine groups is 1. The molecule has 21 heavy (non-hydrogen) atoms. The van der Waals surface area contributed by atoms with Crippen molar-refractivity contribution < 1.29 is 22.7 Å². The third kappa shape index (κ3) is 3.56. The molecule has 0 atom stereocenters. The maximum atomic E-state index is 13.7. The summed E-state index contributed by atoms with van der Waals surface area (Å²) in [5.41, 5.74) is -0.844. The number of carbonyl (C=O) groups is 1. The molecule has 1 aliphatic rings. The average Bonchev–Trinajstić information content (AvgIpc) is 2.64. The number of halogens is 3. The molecule has 1 aromatic heterocycles. The summed E-state index contributed by atoms with van der Waals surface area (Å²) < 4.78 is 46.0. The van der Waals surface area contributed by atoms with Crippen LogP contribution in [-0.4, -0.2) is 40.7 Å². The lowest BCUT2D eigenvalue weighted by molar-refractivity contribution is 0.00282. The van der Waals surface area contributed by atoms with Crippen molar-refractivity contribution in [1.29, 1.82) is 0 Å². The Labute approximate surface area is 120 Å².